The van der Waals surface area contributed by atoms with E-state index in [9.17, 15) is 0 Å². The number of rotatable bonds is 8. The van der Waals surface area contributed by atoms with Gasteiger partial charge in [0.2, 0.25) is 0 Å². The molecule has 4 nitrogen and oxygen atoms in total. The number of fused-ring (bicyclic) bond motifs is 2. The second-order valence-electron chi connectivity index (χ2n) is 8.32. The molecule has 2 aromatic rings. The molecule has 2 atom stereocenters. The van der Waals surface area contributed by atoms with Crippen LogP contribution >= 0.6 is 0 Å². The van der Waals surface area contributed by atoms with Crippen molar-refractivity contribution in [3.8, 4) is 0 Å². The number of methoxy groups -OCH3 is 4. The normalized spacial score (nSPS) is 19.4. The third-order valence-electron chi connectivity index (χ3n) is 6.73. The molecule has 0 saturated heterocycles. The fraction of sp³-hybridized carbons (Fsp3) is 0.407. The second-order valence-corrected chi connectivity index (χ2v) is 8.32. The summed E-state index contributed by atoms with van der Waals surface area (Å²) in [6, 6.07) is 12.9. The second kappa shape index (κ2) is 8.70. The van der Waals surface area contributed by atoms with Crippen LogP contribution in [-0.2, 0) is 18.9 Å². The van der Waals surface area contributed by atoms with E-state index in [1.54, 1.807) is 28.4 Å². The lowest BCUT2D eigenvalue weighted by Crippen LogP contribution is -2.05. The summed E-state index contributed by atoms with van der Waals surface area (Å²) in [5, 5.41) is 0. The Bertz CT molecular complexity index is 964. The highest BCUT2D eigenvalue weighted by molar-refractivity contribution is 5.76. The maximum atomic E-state index is 5.84. The van der Waals surface area contributed by atoms with Crippen LogP contribution in [0.3, 0.4) is 0 Å². The van der Waals surface area contributed by atoms with Gasteiger partial charge in [-0.2, -0.15) is 0 Å². The van der Waals surface area contributed by atoms with Crippen molar-refractivity contribution < 1.29 is 18.9 Å². The fourth-order valence-electron chi connectivity index (χ4n) is 5.40. The summed E-state index contributed by atoms with van der Waals surface area (Å²) >= 11 is 0. The molecule has 0 bridgehead atoms. The van der Waals surface area contributed by atoms with E-state index in [4.69, 9.17) is 18.9 Å². The number of hydrogen-bond donors (Lipinski definition) is 0. The average Bonchev–Trinajstić information content (AvgIpc) is 3.27. The molecule has 2 unspecified atom stereocenters. The standard InChI is InChI=1S/C27H32O4/c1-16-10-7-12-18-20(24(28-3)26(30-5)22(16)18)14-9-15-21-19-13-8-11-17(2)23(19)27(31-6)25(21)29-4/h7-8,10-13,20-21H,9,14-15H2,1-6H3. The molecule has 164 valence electrons. The summed E-state index contributed by atoms with van der Waals surface area (Å²) < 4.78 is 23.2. The zero-order valence-electron chi connectivity index (χ0n) is 19.4. The Morgan fingerprint density at radius 3 is 1.39 bits per heavy atom. The molecule has 0 aromatic heterocycles. The summed E-state index contributed by atoms with van der Waals surface area (Å²) in [7, 11) is 6.95. The van der Waals surface area contributed by atoms with Crippen molar-refractivity contribution in [2.75, 3.05) is 28.4 Å². The van der Waals surface area contributed by atoms with Crippen LogP contribution in [0.15, 0.2) is 47.9 Å². The largest absolute Gasteiger partial charge is 0.497 e. The van der Waals surface area contributed by atoms with Gasteiger partial charge in [-0.1, -0.05) is 42.8 Å². The van der Waals surface area contributed by atoms with Crippen LogP contribution in [0.2, 0.25) is 0 Å². The molecule has 0 heterocycles. The van der Waals surface area contributed by atoms with Gasteiger partial charge >= 0.3 is 0 Å². The Balaban J connectivity index is 1.59. The van der Waals surface area contributed by atoms with Crippen LogP contribution < -0.4 is 0 Å². The molecule has 0 saturated carbocycles. The minimum Gasteiger partial charge on any atom is -0.497 e. The van der Waals surface area contributed by atoms with Crippen molar-refractivity contribution >= 4 is 11.5 Å². The predicted molar refractivity (Wildman–Crippen MR) is 124 cm³/mol. The first-order valence-electron chi connectivity index (χ1n) is 10.9. The highest BCUT2D eigenvalue weighted by Crippen LogP contribution is 2.49. The smallest absolute Gasteiger partial charge is 0.164 e. The molecule has 0 N–H and O–H groups in total. The third-order valence-corrected chi connectivity index (χ3v) is 6.73. The molecule has 2 aliphatic rings. The monoisotopic (exact) mass is 420 g/mol. The van der Waals surface area contributed by atoms with Crippen LogP contribution in [0.4, 0.5) is 0 Å². The highest BCUT2D eigenvalue weighted by Gasteiger charge is 2.37. The minimum absolute atomic E-state index is 0.213. The van der Waals surface area contributed by atoms with Gasteiger partial charge in [-0.25, -0.2) is 0 Å². The summed E-state index contributed by atoms with van der Waals surface area (Å²) in [4.78, 5) is 0. The molecule has 0 fully saturated rings. The Hall–Kier alpha value is -2.88. The Kier molecular flexibility index (Phi) is 5.99. The SMILES string of the molecule is COC1=C(OC)C(CCCC2C(OC)=C(OC)c3c(C)cccc32)c2cccc(C)c21. The van der Waals surface area contributed by atoms with Gasteiger partial charge in [0.25, 0.3) is 0 Å². The Labute approximate surface area is 185 Å². The topological polar surface area (TPSA) is 36.9 Å². The summed E-state index contributed by atoms with van der Waals surface area (Å²) in [6.45, 7) is 4.26. The molecule has 0 amide bonds. The van der Waals surface area contributed by atoms with Gasteiger partial charge in [0.05, 0.1) is 28.4 Å². The van der Waals surface area contributed by atoms with Crippen LogP contribution in [0.25, 0.3) is 11.5 Å². The lowest BCUT2D eigenvalue weighted by molar-refractivity contribution is 0.237. The van der Waals surface area contributed by atoms with Crippen molar-refractivity contribution in [3.63, 3.8) is 0 Å². The van der Waals surface area contributed by atoms with Crippen LogP contribution in [-0.4, -0.2) is 28.4 Å². The van der Waals surface area contributed by atoms with Gasteiger partial charge in [0.1, 0.15) is 11.5 Å². The number of allylic oxidation sites excluding steroid dienone is 2. The number of benzene rings is 2. The van der Waals surface area contributed by atoms with Crippen LogP contribution in [0.1, 0.15) is 64.5 Å². The summed E-state index contributed by atoms with van der Waals surface area (Å²) in [6.07, 6.45) is 3.01. The predicted octanol–water partition coefficient (Wildman–Crippen LogP) is 6.29. The Morgan fingerprint density at radius 2 is 1.03 bits per heavy atom. The lowest BCUT2D eigenvalue weighted by Gasteiger charge is -2.19. The molecule has 0 spiro atoms. The van der Waals surface area contributed by atoms with E-state index in [1.807, 2.05) is 0 Å². The van der Waals surface area contributed by atoms with E-state index in [1.165, 1.54) is 33.4 Å². The first kappa shape index (κ1) is 21.4. The van der Waals surface area contributed by atoms with Crippen molar-refractivity contribution in [3.05, 3.63) is 81.3 Å². The van der Waals surface area contributed by atoms with E-state index in [0.29, 0.717) is 0 Å². The first-order valence-corrected chi connectivity index (χ1v) is 10.9. The van der Waals surface area contributed by atoms with E-state index in [2.05, 4.69) is 50.2 Å². The van der Waals surface area contributed by atoms with Gasteiger partial charge in [0.15, 0.2) is 11.5 Å². The zero-order chi connectivity index (χ0) is 22.1. The number of aryl methyl sites for hydroxylation is 2. The van der Waals surface area contributed by atoms with Gasteiger partial charge in [-0.3, -0.25) is 0 Å². The van der Waals surface area contributed by atoms with E-state index in [-0.39, 0.29) is 11.8 Å². The van der Waals surface area contributed by atoms with Crippen LogP contribution in [0, 0.1) is 13.8 Å². The van der Waals surface area contributed by atoms with Gasteiger partial charge in [-0.05, 0) is 48.9 Å². The molecule has 0 aliphatic heterocycles. The molecule has 4 rings (SSSR count). The van der Waals surface area contributed by atoms with Crippen molar-refractivity contribution in [1.29, 1.82) is 0 Å². The first-order chi connectivity index (χ1) is 15.1. The number of hydrogen-bond acceptors (Lipinski definition) is 4. The van der Waals surface area contributed by atoms with Crippen LogP contribution in [0.5, 0.6) is 0 Å². The Morgan fingerprint density at radius 1 is 0.613 bits per heavy atom. The third kappa shape index (κ3) is 3.38. The molecular formula is C27H32O4. The van der Waals surface area contributed by atoms with Crippen molar-refractivity contribution in [2.24, 2.45) is 0 Å². The van der Waals surface area contributed by atoms with E-state index >= 15 is 0 Å². The van der Waals surface area contributed by atoms with Gasteiger partial charge in [0, 0.05) is 23.0 Å². The zero-order valence-corrected chi connectivity index (χ0v) is 19.4. The molecule has 2 aliphatic carbocycles. The van der Waals surface area contributed by atoms with Crippen molar-refractivity contribution in [1.82, 2.24) is 0 Å². The molecular weight excluding hydrogens is 388 g/mol. The van der Waals surface area contributed by atoms with E-state index < -0.39 is 0 Å². The maximum absolute atomic E-state index is 5.84. The molecule has 0 radical (unpaired) electrons. The highest BCUT2D eigenvalue weighted by atomic mass is 16.5. The number of ether oxygens (including phenoxy) is 4. The maximum Gasteiger partial charge on any atom is 0.164 e. The van der Waals surface area contributed by atoms with Crippen molar-refractivity contribution in [2.45, 2.75) is 44.9 Å². The lowest BCUT2D eigenvalue weighted by atomic mass is 9.88. The molecule has 31 heavy (non-hydrogen) atoms. The molecule has 2 aromatic carbocycles. The van der Waals surface area contributed by atoms with E-state index in [0.717, 1.165) is 42.3 Å². The van der Waals surface area contributed by atoms with Gasteiger partial charge < -0.3 is 18.9 Å². The fourth-order valence-corrected chi connectivity index (χ4v) is 5.40. The minimum atomic E-state index is 0.213. The quantitative estimate of drug-likeness (QED) is 0.503. The summed E-state index contributed by atoms with van der Waals surface area (Å²) in [5.74, 6) is 4.06. The average molecular weight is 421 g/mol. The summed E-state index contributed by atoms with van der Waals surface area (Å²) in [5.41, 5.74) is 7.43. The van der Waals surface area contributed by atoms with Gasteiger partial charge in [-0.15, -0.1) is 0 Å². The molecule has 4 heteroatoms.